The van der Waals surface area contributed by atoms with Crippen molar-refractivity contribution in [2.45, 2.75) is 210 Å². The van der Waals surface area contributed by atoms with Crippen LogP contribution in [0, 0.1) is 0 Å². The van der Waals surface area contributed by atoms with Gasteiger partial charge in [-0.1, -0.05) is 145 Å². The average Bonchev–Trinajstić information content (AvgIpc) is 3.25. The van der Waals surface area contributed by atoms with E-state index in [1.165, 1.54) is 38.5 Å². The Bertz CT molecular complexity index is 1330. The number of ether oxygens (including phenoxy) is 2. The molecule has 0 bridgehead atoms. The second-order valence-electron chi connectivity index (χ2n) is 16.1. The van der Waals surface area contributed by atoms with Crippen molar-refractivity contribution in [1.82, 2.24) is 0 Å². The largest absolute Gasteiger partial charge is 0.472 e. The zero-order valence-electron chi connectivity index (χ0n) is 37.5. The number of hydrogen-bond acceptors (Lipinski definition) is 13. The molecule has 15 heteroatoms. The highest BCUT2D eigenvalue weighted by atomic mass is 31.2. The molecule has 0 amide bonds. The molecule has 0 aliphatic heterocycles. The molecule has 0 saturated heterocycles. The van der Waals surface area contributed by atoms with Crippen molar-refractivity contribution in [1.29, 1.82) is 0 Å². The number of allylic oxidation sites excluding steroid dienone is 9. The molecule has 0 heterocycles. The number of unbranched alkanes of at least 4 members (excludes halogenated alkanes) is 14. The summed E-state index contributed by atoms with van der Waals surface area (Å²) in [7, 11) is -5.15. The van der Waals surface area contributed by atoms with E-state index in [1.807, 2.05) is 42.5 Å². The Kier molecular flexibility index (Phi) is 34.2. The number of aliphatic hydroxyl groups is 6. The van der Waals surface area contributed by atoms with Crippen LogP contribution in [0.15, 0.2) is 60.8 Å². The van der Waals surface area contributed by atoms with Gasteiger partial charge in [0.25, 0.3) is 0 Å². The maximum absolute atomic E-state index is 12.8. The SMILES string of the molecule is CCCCCCCC/C=C\CCCCCCCC(=O)OCC(COP(=O)(O)OC1C(O)C(O)C(O)C(O)C1O)OC(=O)CCC/C=C\C/C=C\C/C=C\C=C\C(O)CCCCC. The first-order valence-electron chi connectivity index (χ1n) is 23.2. The predicted octanol–water partition coefficient (Wildman–Crippen LogP) is 7.92. The van der Waals surface area contributed by atoms with E-state index in [-0.39, 0.29) is 12.8 Å². The molecule has 0 aromatic heterocycles. The Morgan fingerprint density at radius 3 is 1.73 bits per heavy atom. The van der Waals surface area contributed by atoms with Crippen molar-refractivity contribution < 1.29 is 68.2 Å². The molecular weight excluding hydrogens is 819 g/mol. The van der Waals surface area contributed by atoms with Crippen molar-refractivity contribution in [3.05, 3.63) is 60.8 Å². The smallest absolute Gasteiger partial charge is 0.462 e. The number of rotatable bonds is 37. The molecule has 1 fully saturated rings. The van der Waals surface area contributed by atoms with Crippen molar-refractivity contribution in [2.24, 2.45) is 0 Å². The first-order valence-corrected chi connectivity index (χ1v) is 24.7. The van der Waals surface area contributed by atoms with Gasteiger partial charge >= 0.3 is 19.8 Å². The van der Waals surface area contributed by atoms with Crippen molar-refractivity contribution in [3.8, 4) is 0 Å². The van der Waals surface area contributed by atoms with E-state index < -0.39 is 81.8 Å². The minimum Gasteiger partial charge on any atom is -0.462 e. The number of esters is 2. The molecule has 0 aromatic rings. The maximum atomic E-state index is 12.8. The molecule has 0 aromatic carbocycles. The van der Waals surface area contributed by atoms with Gasteiger partial charge in [0.15, 0.2) is 6.10 Å². The van der Waals surface area contributed by atoms with Gasteiger partial charge in [-0.15, -0.1) is 0 Å². The monoisotopic (exact) mass is 901 g/mol. The van der Waals surface area contributed by atoms with Crippen LogP contribution in [-0.4, -0.2) is 110 Å². The number of phosphoric ester groups is 1. The van der Waals surface area contributed by atoms with Gasteiger partial charge in [-0.05, 0) is 64.2 Å². The standard InChI is InChI=1S/C47H81O14P/c1-3-5-7-8-9-10-11-12-13-14-17-20-23-26-30-34-40(49)58-36-39(37-59-62(56,57)61-47-45(54)43(52)42(51)44(53)46(47)55)60-41(50)35-31-27-24-21-18-15-16-19-22-25-29-33-38(48)32-28-6-4-2/h12-13,15-16,21-22,24-25,29,33,38-39,42-48,51-55H,3-11,14,17-20,23,26-28,30-32,34-37H2,1-2H3,(H,56,57)/b13-12-,16-15-,24-21-,25-22-,33-29+. The highest BCUT2D eigenvalue weighted by Gasteiger charge is 2.51. The van der Waals surface area contributed by atoms with E-state index >= 15 is 0 Å². The van der Waals surface area contributed by atoms with Crippen molar-refractivity contribution >= 4 is 19.8 Å². The van der Waals surface area contributed by atoms with Gasteiger partial charge in [0, 0.05) is 12.8 Å². The molecule has 0 spiro atoms. The van der Waals surface area contributed by atoms with Crippen LogP contribution in [0.4, 0.5) is 0 Å². The zero-order chi connectivity index (χ0) is 45.9. The molecule has 7 N–H and O–H groups in total. The summed E-state index contributed by atoms with van der Waals surface area (Å²) in [6.07, 6.45) is 27.4. The number of hydrogen-bond donors (Lipinski definition) is 7. The van der Waals surface area contributed by atoms with Gasteiger partial charge in [0.1, 0.15) is 43.2 Å². The molecular formula is C47H81O14P. The third kappa shape index (κ3) is 29.1. The summed E-state index contributed by atoms with van der Waals surface area (Å²) in [6.45, 7) is 3.11. The van der Waals surface area contributed by atoms with E-state index in [4.69, 9.17) is 18.5 Å². The summed E-state index contributed by atoms with van der Waals surface area (Å²) in [5, 5.41) is 60.0. The summed E-state index contributed by atoms with van der Waals surface area (Å²) in [5.41, 5.74) is 0. The Morgan fingerprint density at radius 1 is 0.581 bits per heavy atom. The Labute approximate surface area is 371 Å². The van der Waals surface area contributed by atoms with Crippen LogP contribution >= 0.6 is 7.82 Å². The third-order valence-corrected chi connectivity index (χ3v) is 11.4. The zero-order valence-corrected chi connectivity index (χ0v) is 38.4. The lowest BCUT2D eigenvalue weighted by Crippen LogP contribution is -2.64. The number of phosphoric acid groups is 1. The van der Waals surface area contributed by atoms with Crippen LogP contribution in [0.2, 0.25) is 0 Å². The minimum absolute atomic E-state index is 0.00297. The number of carbonyl (C=O) groups excluding carboxylic acids is 2. The minimum atomic E-state index is -5.15. The van der Waals surface area contributed by atoms with E-state index in [9.17, 15) is 49.7 Å². The van der Waals surface area contributed by atoms with E-state index in [2.05, 4.69) is 26.0 Å². The lowest BCUT2D eigenvalue weighted by Gasteiger charge is -2.41. The summed E-state index contributed by atoms with van der Waals surface area (Å²) >= 11 is 0. The van der Waals surface area contributed by atoms with Gasteiger partial charge in [-0.2, -0.15) is 0 Å². The van der Waals surface area contributed by atoms with Crippen LogP contribution < -0.4 is 0 Å². The summed E-state index contributed by atoms with van der Waals surface area (Å²) < 4.78 is 33.4. The fraction of sp³-hybridized carbons (Fsp3) is 0.745. The average molecular weight is 901 g/mol. The quantitative estimate of drug-likeness (QED) is 0.0103. The predicted molar refractivity (Wildman–Crippen MR) is 241 cm³/mol. The molecule has 358 valence electrons. The molecule has 7 atom stereocenters. The summed E-state index contributed by atoms with van der Waals surface area (Å²) in [4.78, 5) is 35.7. The van der Waals surface area contributed by atoms with Gasteiger partial charge in [0.2, 0.25) is 0 Å². The molecule has 1 aliphatic rings. The lowest BCUT2D eigenvalue weighted by molar-refractivity contribution is -0.220. The number of carbonyl (C=O) groups is 2. The molecule has 7 unspecified atom stereocenters. The molecule has 1 saturated carbocycles. The van der Waals surface area contributed by atoms with Crippen molar-refractivity contribution in [2.75, 3.05) is 13.2 Å². The van der Waals surface area contributed by atoms with Crippen LogP contribution in [0.5, 0.6) is 0 Å². The maximum Gasteiger partial charge on any atom is 0.472 e. The van der Waals surface area contributed by atoms with E-state index in [0.717, 1.165) is 70.6 Å². The van der Waals surface area contributed by atoms with Crippen LogP contribution in [0.25, 0.3) is 0 Å². The van der Waals surface area contributed by atoms with Crippen LogP contribution in [0.1, 0.15) is 162 Å². The Balaban J connectivity index is 2.54. The normalized spacial score (nSPS) is 22.9. The summed E-state index contributed by atoms with van der Waals surface area (Å²) in [6, 6.07) is 0. The third-order valence-electron chi connectivity index (χ3n) is 10.4. The highest BCUT2D eigenvalue weighted by Crippen LogP contribution is 2.47. The molecule has 0 radical (unpaired) electrons. The van der Waals surface area contributed by atoms with Crippen molar-refractivity contribution in [3.63, 3.8) is 0 Å². The Morgan fingerprint density at radius 2 is 1.08 bits per heavy atom. The lowest BCUT2D eigenvalue weighted by atomic mass is 9.85. The molecule has 62 heavy (non-hydrogen) atoms. The summed E-state index contributed by atoms with van der Waals surface area (Å²) in [5.74, 6) is -1.20. The first-order chi connectivity index (χ1) is 29.8. The van der Waals surface area contributed by atoms with E-state index in [0.29, 0.717) is 25.7 Å². The fourth-order valence-electron chi connectivity index (χ4n) is 6.62. The topological polar surface area (TPSA) is 230 Å². The number of aliphatic hydroxyl groups excluding tert-OH is 6. The fourth-order valence-corrected chi connectivity index (χ4v) is 7.59. The molecule has 1 rings (SSSR count). The van der Waals surface area contributed by atoms with Gasteiger partial charge in [0.05, 0.1) is 12.7 Å². The first kappa shape index (κ1) is 57.5. The van der Waals surface area contributed by atoms with Gasteiger partial charge in [-0.3, -0.25) is 18.6 Å². The Hall–Kier alpha value is -2.49. The van der Waals surface area contributed by atoms with Gasteiger partial charge < -0.3 is 45.0 Å². The van der Waals surface area contributed by atoms with Crippen LogP contribution in [-0.2, 0) is 32.7 Å². The highest BCUT2D eigenvalue weighted by molar-refractivity contribution is 7.47. The second-order valence-corrected chi connectivity index (χ2v) is 17.5. The van der Waals surface area contributed by atoms with Crippen LogP contribution in [0.3, 0.4) is 0 Å². The molecule has 14 nitrogen and oxygen atoms in total. The second kappa shape index (κ2) is 36.8. The molecule has 1 aliphatic carbocycles. The van der Waals surface area contributed by atoms with E-state index in [1.54, 1.807) is 6.08 Å². The van der Waals surface area contributed by atoms with Gasteiger partial charge in [-0.25, -0.2) is 4.57 Å².